The number of fused-ring (bicyclic) bond motifs is 1. The van der Waals surface area contributed by atoms with Gasteiger partial charge >= 0.3 is 6.03 Å². The van der Waals surface area contributed by atoms with E-state index in [2.05, 4.69) is 29.0 Å². The molecule has 0 aliphatic carbocycles. The van der Waals surface area contributed by atoms with Gasteiger partial charge in [-0.1, -0.05) is 25.2 Å². The number of rotatable bonds is 4. The Bertz CT molecular complexity index is 539. The lowest BCUT2D eigenvalue weighted by molar-refractivity contribution is 0.193. The molecule has 0 bridgehead atoms. The van der Waals surface area contributed by atoms with Crippen LogP contribution in [0, 0.1) is 0 Å². The molecule has 6 nitrogen and oxygen atoms in total. The Morgan fingerprint density at radius 2 is 2.00 bits per heavy atom. The van der Waals surface area contributed by atoms with Crippen LogP contribution in [0.3, 0.4) is 0 Å². The highest BCUT2D eigenvalue weighted by atomic mass is 32.1. The maximum Gasteiger partial charge on any atom is 0.317 e. The third-order valence-electron chi connectivity index (χ3n) is 4.62. The molecule has 0 unspecified atom stereocenters. The predicted octanol–water partition coefficient (Wildman–Crippen LogP) is 1.76. The molecule has 0 atom stereocenters. The van der Waals surface area contributed by atoms with Gasteiger partial charge in [0.2, 0.25) is 0 Å². The molecule has 23 heavy (non-hydrogen) atoms. The van der Waals surface area contributed by atoms with E-state index in [0.29, 0.717) is 6.54 Å². The lowest BCUT2D eigenvalue weighted by atomic mass is 10.2. The quantitative estimate of drug-likeness (QED) is 0.910. The Kier molecular flexibility index (Phi) is 5.38. The van der Waals surface area contributed by atoms with E-state index in [-0.39, 0.29) is 6.03 Å². The summed E-state index contributed by atoms with van der Waals surface area (Å²) in [6, 6.07) is 0.0593. The number of thiazole rings is 1. The van der Waals surface area contributed by atoms with E-state index >= 15 is 0 Å². The van der Waals surface area contributed by atoms with Crippen LogP contribution in [0.4, 0.5) is 9.93 Å². The molecule has 0 radical (unpaired) electrons. The summed E-state index contributed by atoms with van der Waals surface area (Å²) in [7, 11) is 0. The maximum absolute atomic E-state index is 12.1. The number of amides is 2. The Hall–Kier alpha value is -1.34. The van der Waals surface area contributed by atoms with Crippen molar-refractivity contribution in [3.05, 3.63) is 10.6 Å². The van der Waals surface area contributed by atoms with Gasteiger partial charge in [-0.05, 0) is 13.0 Å². The molecular weight excluding hydrogens is 310 g/mol. The number of urea groups is 1. The minimum absolute atomic E-state index is 0.0593. The molecule has 2 amide bonds. The fraction of sp³-hybridized carbons (Fsp3) is 0.750. The van der Waals surface area contributed by atoms with Crippen molar-refractivity contribution in [2.24, 2.45) is 0 Å². The monoisotopic (exact) mass is 337 g/mol. The summed E-state index contributed by atoms with van der Waals surface area (Å²) in [4.78, 5) is 25.0. The zero-order chi connectivity index (χ0) is 16.2. The lowest BCUT2D eigenvalue weighted by Gasteiger charge is -2.33. The standard InChI is InChI=1S/C16H27N5OS/c1-3-6-17-15(22)21-7-5-13-14(12-21)23-16(18-13)20-10-8-19(4-2)9-11-20/h3-12H2,1-2H3,(H,17,22). The molecular formula is C16H27N5OS. The van der Waals surface area contributed by atoms with Gasteiger partial charge in [-0.15, -0.1) is 0 Å². The van der Waals surface area contributed by atoms with Gasteiger partial charge in [0.15, 0.2) is 5.13 Å². The SMILES string of the molecule is CCCNC(=O)N1CCc2nc(N3CCN(CC)CC3)sc2C1. The topological polar surface area (TPSA) is 51.7 Å². The summed E-state index contributed by atoms with van der Waals surface area (Å²) in [5.41, 5.74) is 1.20. The smallest absolute Gasteiger partial charge is 0.317 e. The largest absolute Gasteiger partial charge is 0.346 e. The van der Waals surface area contributed by atoms with E-state index in [0.717, 1.165) is 63.8 Å². The highest BCUT2D eigenvalue weighted by molar-refractivity contribution is 7.15. The highest BCUT2D eigenvalue weighted by Gasteiger charge is 2.26. The summed E-state index contributed by atoms with van der Waals surface area (Å²) in [6.45, 7) is 12.0. The van der Waals surface area contributed by atoms with Crippen LogP contribution >= 0.6 is 11.3 Å². The van der Waals surface area contributed by atoms with Gasteiger partial charge in [0.1, 0.15) is 0 Å². The number of carbonyl (C=O) groups is 1. The van der Waals surface area contributed by atoms with E-state index < -0.39 is 0 Å². The number of aromatic nitrogens is 1. The van der Waals surface area contributed by atoms with E-state index in [1.54, 1.807) is 11.3 Å². The Labute approximate surface area is 142 Å². The van der Waals surface area contributed by atoms with Gasteiger partial charge in [-0.25, -0.2) is 9.78 Å². The van der Waals surface area contributed by atoms with Crippen molar-refractivity contribution in [1.82, 2.24) is 20.1 Å². The number of hydrogen-bond acceptors (Lipinski definition) is 5. The molecule has 128 valence electrons. The fourth-order valence-corrected chi connectivity index (χ4v) is 4.26. The second kappa shape index (κ2) is 7.49. The van der Waals surface area contributed by atoms with E-state index in [1.165, 1.54) is 10.6 Å². The molecule has 2 aliphatic heterocycles. The Morgan fingerprint density at radius 1 is 1.22 bits per heavy atom. The molecule has 1 aromatic rings. The normalized spacial score (nSPS) is 18.9. The summed E-state index contributed by atoms with van der Waals surface area (Å²) in [5.74, 6) is 0. The lowest BCUT2D eigenvalue weighted by Crippen LogP contribution is -2.46. The zero-order valence-electron chi connectivity index (χ0n) is 14.2. The van der Waals surface area contributed by atoms with Crippen molar-refractivity contribution in [3.8, 4) is 0 Å². The Morgan fingerprint density at radius 3 is 2.70 bits per heavy atom. The number of carbonyl (C=O) groups excluding carboxylic acids is 1. The maximum atomic E-state index is 12.1. The van der Waals surface area contributed by atoms with Gasteiger partial charge in [0, 0.05) is 50.6 Å². The molecule has 0 saturated carbocycles. The zero-order valence-corrected chi connectivity index (χ0v) is 15.0. The summed E-state index contributed by atoms with van der Waals surface area (Å²) in [5, 5.41) is 4.11. The summed E-state index contributed by atoms with van der Waals surface area (Å²) >= 11 is 1.77. The van der Waals surface area contributed by atoms with Crippen molar-refractivity contribution in [3.63, 3.8) is 0 Å². The number of nitrogens with zero attached hydrogens (tertiary/aromatic N) is 4. The first-order valence-corrected chi connectivity index (χ1v) is 9.51. The van der Waals surface area contributed by atoms with Crippen LogP contribution in [-0.2, 0) is 13.0 Å². The van der Waals surface area contributed by atoms with Crippen LogP contribution in [0.15, 0.2) is 0 Å². The number of nitrogens with one attached hydrogen (secondary N) is 1. The minimum Gasteiger partial charge on any atom is -0.346 e. The molecule has 0 aromatic carbocycles. The van der Waals surface area contributed by atoms with Crippen LogP contribution in [0.25, 0.3) is 0 Å². The van der Waals surface area contributed by atoms with Crippen molar-refractivity contribution >= 4 is 22.5 Å². The molecule has 3 rings (SSSR count). The molecule has 1 fully saturated rings. The third-order valence-corrected chi connectivity index (χ3v) is 5.77. The number of hydrogen-bond donors (Lipinski definition) is 1. The van der Waals surface area contributed by atoms with Crippen LogP contribution in [0.1, 0.15) is 30.8 Å². The van der Waals surface area contributed by atoms with Crippen molar-refractivity contribution in [2.75, 3.05) is 50.7 Å². The second-order valence-corrected chi connectivity index (χ2v) is 7.25. The molecule has 1 aromatic heterocycles. The van der Waals surface area contributed by atoms with Crippen molar-refractivity contribution in [1.29, 1.82) is 0 Å². The highest BCUT2D eigenvalue weighted by Crippen LogP contribution is 2.31. The molecule has 1 N–H and O–H groups in total. The third kappa shape index (κ3) is 3.77. The number of anilines is 1. The summed E-state index contributed by atoms with van der Waals surface area (Å²) < 4.78 is 0. The minimum atomic E-state index is 0.0593. The van der Waals surface area contributed by atoms with Crippen LogP contribution in [0.5, 0.6) is 0 Å². The molecule has 2 aliphatic rings. The van der Waals surface area contributed by atoms with Gasteiger partial charge < -0.3 is 20.0 Å². The van der Waals surface area contributed by atoms with Crippen LogP contribution < -0.4 is 10.2 Å². The van der Waals surface area contributed by atoms with Gasteiger partial charge in [-0.2, -0.15) is 0 Å². The Balaban J connectivity index is 1.61. The van der Waals surface area contributed by atoms with Gasteiger partial charge in [-0.3, -0.25) is 0 Å². The van der Waals surface area contributed by atoms with Crippen molar-refractivity contribution < 1.29 is 4.79 Å². The average Bonchev–Trinajstić information content (AvgIpc) is 3.02. The molecule has 0 spiro atoms. The second-order valence-electron chi connectivity index (χ2n) is 6.19. The van der Waals surface area contributed by atoms with Gasteiger partial charge in [0.25, 0.3) is 0 Å². The van der Waals surface area contributed by atoms with E-state index in [4.69, 9.17) is 4.98 Å². The summed E-state index contributed by atoms with van der Waals surface area (Å²) in [6.07, 6.45) is 1.85. The number of piperazine rings is 1. The fourth-order valence-electron chi connectivity index (χ4n) is 3.09. The van der Waals surface area contributed by atoms with E-state index in [9.17, 15) is 4.79 Å². The molecule has 3 heterocycles. The number of likely N-dealkylation sites (N-methyl/N-ethyl adjacent to an activating group) is 1. The van der Waals surface area contributed by atoms with Crippen LogP contribution in [0.2, 0.25) is 0 Å². The first-order chi connectivity index (χ1) is 11.2. The first kappa shape index (κ1) is 16.5. The van der Waals surface area contributed by atoms with E-state index in [1.807, 2.05) is 4.90 Å². The molecule has 7 heteroatoms. The van der Waals surface area contributed by atoms with Crippen molar-refractivity contribution in [2.45, 2.75) is 33.2 Å². The van der Waals surface area contributed by atoms with Gasteiger partial charge in [0.05, 0.1) is 12.2 Å². The molecule has 1 saturated heterocycles. The predicted molar refractivity (Wildman–Crippen MR) is 94.2 cm³/mol. The van der Waals surface area contributed by atoms with Crippen LogP contribution in [-0.4, -0.2) is 66.6 Å². The first-order valence-electron chi connectivity index (χ1n) is 8.70. The average molecular weight is 337 g/mol.